The lowest BCUT2D eigenvalue weighted by Gasteiger charge is -2.36. The molecular weight excluding hydrogens is 463 g/mol. The number of rotatable bonds is 4. The Kier molecular flexibility index (Phi) is 5.72. The average Bonchev–Trinajstić information content (AvgIpc) is 3.40. The van der Waals surface area contributed by atoms with E-state index in [0.29, 0.717) is 36.1 Å². The van der Waals surface area contributed by atoms with Crippen molar-refractivity contribution in [1.82, 2.24) is 14.7 Å². The molecular formula is C24H22ClFN4O2S. The maximum Gasteiger partial charge on any atom is 0.264 e. The van der Waals surface area contributed by atoms with Crippen molar-refractivity contribution in [2.45, 2.75) is 6.92 Å². The topological polar surface area (TPSA) is 50.6 Å². The molecule has 0 aliphatic carbocycles. The van der Waals surface area contributed by atoms with Gasteiger partial charge in [0.1, 0.15) is 4.83 Å². The van der Waals surface area contributed by atoms with Gasteiger partial charge in [0.25, 0.3) is 5.91 Å². The van der Waals surface area contributed by atoms with Crippen LogP contribution < -0.4 is 9.64 Å². The maximum atomic E-state index is 13.7. The van der Waals surface area contributed by atoms with Crippen molar-refractivity contribution < 1.29 is 13.9 Å². The van der Waals surface area contributed by atoms with E-state index in [0.717, 1.165) is 27.3 Å². The number of ether oxygens (including phenoxy) is 1. The van der Waals surface area contributed by atoms with Gasteiger partial charge in [-0.05, 0) is 37.3 Å². The fraction of sp³-hybridized carbons (Fsp3) is 0.250. The van der Waals surface area contributed by atoms with Gasteiger partial charge in [0.15, 0.2) is 11.6 Å². The molecule has 1 saturated heterocycles. The van der Waals surface area contributed by atoms with Crippen LogP contribution in [0.5, 0.6) is 5.75 Å². The Morgan fingerprint density at radius 3 is 2.61 bits per heavy atom. The number of amides is 1. The largest absolute Gasteiger partial charge is 0.494 e. The quantitative estimate of drug-likeness (QED) is 0.401. The lowest BCUT2D eigenvalue weighted by Crippen LogP contribution is -2.48. The highest BCUT2D eigenvalue weighted by molar-refractivity contribution is 7.20. The highest BCUT2D eigenvalue weighted by Crippen LogP contribution is 2.33. The number of hydrogen-bond acceptors (Lipinski definition) is 5. The zero-order valence-corrected chi connectivity index (χ0v) is 19.8. The maximum absolute atomic E-state index is 13.7. The van der Waals surface area contributed by atoms with Crippen molar-refractivity contribution in [3.8, 4) is 11.4 Å². The Hall–Kier alpha value is -3.10. The molecule has 0 unspecified atom stereocenters. The summed E-state index contributed by atoms with van der Waals surface area (Å²) in [6.45, 7) is 4.44. The third kappa shape index (κ3) is 3.94. The van der Waals surface area contributed by atoms with Gasteiger partial charge in [-0.25, -0.2) is 9.07 Å². The molecule has 1 aliphatic rings. The Morgan fingerprint density at radius 1 is 1.12 bits per heavy atom. The summed E-state index contributed by atoms with van der Waals surface area (Å²) in [6, 6.07) is 14.3. The second-order valence-corrected chi connectivity index (χ2v) is 9.31. The first-order chi connectivity index (χ1) is 16.0. The van der Waals surface area contributed by atoms with Gasteiger partial charge in [0, 0.05) is 43.3 Å². The number of para-hydroxylation sites is 1. The molecule has 6 nitrogen and oxygen atoms in total. The van der Waals surface area contributed by atoms with Crippen molar-refractivity contribution in [3.63, 3.8) is 0 Å². The van der Waals surface area contributed by atoms with Crippen LogP contribution in [0.15, 0.2) is 48.5 Å². The molecule has 9 heteroatoms. The number of aryl methyl sites for hydroxylation is 1. The van der Waals surface area contributed by atoms with E-state index in [4.69, 9.17) is 16.3 Å². The van der Waals surface area contributed by atoms with Crippen LogP contribution in [0.1, 0.15) is 15.4 Å². The molecule has 0 bridgehead atoms. The number of anilines is 1. The van der Waals surface area contributed by atoms with Gasteiger partial charge in [0.05, 0.1) is 28.4 Å². The molecule has 1 fully saturated rings. The van der Waals surface area contributed by atoms with Crippen LogP contribution in [0.2, 0.25) is 5.02 Å². The summed E-state index contributed by atoms with van der Waals surface area (Å²) in [4.78, 5) is 18.9. The summed E-state index contributed by atoms with van der Waals surface area (Å²) in [6.07, 6.45) is 0. The second-order valence-electron chi connectivity index (χ2n) is 7.88. The van der Waals surface area contributed by atoms with Gasteiger partial charge in [-0.3, -0.25) is 4.79 Å². The predicted molar refractivity (Wildman–Crippen MR) is 130 cm³/mol. The van der Waals surface area contributed by atoms with Gasteiger partial charge in [-0.2, -0.15) is 5.10 Å². The molecule has 0 saturated carbocycles. The number of hydrogen-bond donors (Lipinski definition) is 0. The summed E-state index contributed by atoms with van der Waals surface area (Å²) in [5.41, 5.74) is 2.54. The summed E-state index contributed by atoms with van der Waals surface area (Å²) in [5.74, 6) is -0.151. The van der Waals surface area contributed by atoms with Crippen LogP contribution in [-0.4, -0.2) is 53.9 Å². The first-order valence-corrected chi connectivity index (χ1v) is 11.8. The number of halogens is 2. The summed E-state index contributed by atoms with van der Waals surface area (Å²) < 4.78 is 20.6. The van der Waals surface area contributed by atoms with Gasteiger partial charge in [0.2, 0.25) is 0 Å². The van der Waals surface area contributed by atoms with E-state index in [9.17, 15) is 9.18 Å². The van der Waals surface area contributed by atoms with Gasteiger partial charge < -0.3 is 14.5 Å². The first kappa shape index (κ1) is 21.7. The van der Waals surface area contributed by atoms with Crippen molar-refractivity contribution in [3.05, 3.63) is 69.9 Å². The summed E-state index contributed by atoms with van der Waals surface area (Å²) in [7, 11) is 1.45. The molecule has 2 aromatic carbocycles. The number of methoxy groups -OCH3 is 1. The minimum atomic E-state index is -0.384. The van der Waals surface area contributed by atoms with E-state index in [2.05, 4.69) is 10.00 Å². The lowest BCUT2D eigenvalue weighted by atomic mass is 10.2. The first-order valence-electron chi connectivity index (χ1n) is 10.6. The number of aromatic nitrogens is 2. The minimum absolute atomic E-state index is 0.0117. The monoisotopic (exact) mass is 484 g/mol. The van der Waals surface area contributed by atoms with Crippen LogP contribution >= 0.6 is 22.9 Å². The van der Waals surface area contributed by atoms with Crippen LogP contribution in [0.25, 0.3) is 15.9 Å². The Balaban J connectivity index is 1.35. The van der Waals surface area contributed by atoms with Crippen LogP contribution in [0, 0.1) is 12.7 Å². The molecule has 0 radical (unpaired) electrons. The van der Waals surface area contributed by atoms with Gasteiger partial charge in [-0.15, -0.1) is 11.3 Å². The normalized spacial score (nSPS) is 14.2. The molecule has 1 amide bonds. The Bertz CT molecular complexity index is 1340. The molecule has 5 rings (SSSR count). The number of piperazine rings is 1. The van der Waals surface area contributed by atoms with E-state index in [1.807, 2.05) is 46.8 Å². The molecule has 0 N–H and O–H groups in total. The molecule has 3 heterocycles. The number of benzene rings is 2. The summed E-state index contributed by atoms with van der Waals surface area (Å²) in [5, 5.41) is 6.20. The lowest BCUT2D eigenvalue weighted by molar-refractivity contribution is 0.0751. The van der Waals surface area contributed by atoms with Crippen LogP contribution in [0.3, 0.4) is 0 Å². The number of carbonyl (C=O) groups is 1. The molecule has 170 valence electrons. The Morgan fingerprint density at radius 2 is 1.88 bits per heavy atom. The van der Waals surface area contributed by atoms with Crippen LogP contribution in [-0.2, 0) is 0 Å². The summed E-state index contributed by atoms with van der Waals surface area (Å²) >= 11 is 7.82. The fourth-order valence-electron chi connectivity index (χ4n) is 4.11. The standard InChI is InChI=1S/C24H22ClFN4O2S/c1-15-17-14-22(33-24(17)30(27-15)20-6-4-3-5-18(20)25)23(31)29-11-9-28(10-12-29)16-7-8-19(26)21(13-16)32-2/h3-8,13-14H,9-12H2,1-2H3. The predicted octanol–water partition coefficient (Wildman–Crippen LogP) is 5.16. The molecule has 4 aromatic rings. The highest BCUT2D eigenvalue weighted by atomic mass is 35.5. The second kappa shape index (κ2) is 8.68. The van der Waals surface area contributed by atoms with Crippen molar-refractivity contribution >= 4 is 44.7 Å². The number of thiophene rings is 1. The molecule has 0 spiro atoms. The minimum Gasteiger partial charge on any atom is -0.494 e. The van der Waals surface area contributed by atoms with E-state index in [-0.39, 0.29) is 17.5 Å². The van der Waals surface area contributed by atoms with E-state index in [1.165, 1.54) is 24.5 Å². The SMILES string of the molecule is COc1cc(N2CCN(C(=O)c3cc4c(C)nn(-c5ccccc5Cl)c4s3)CC2)ccc1F. The van der Waals surface area contributed by atoms with E-state index in [1.54, 1.807) is 12.1 Å². The average molecular weight is 485 g/mol. The molecule has 1 aliphatic heterocycles. The fourth-order valence-corrected chi connectivity index (χ4v) is 5.47. The number of fused-ring (bicyclic) bond motifs is 1. The van der Waals surface area contributed by atoms with E-state index >= 15 is 0 Å². The zero-order valence-electron chi connectivity index (χ0n) is 18.2. The molecule has 2 aromatic heterocycles. The van der Waals surface area contributed by atoms with Gasteiger partial charge in [-0.1, -0.05) is 23.7 Å². The molecule has 0 atom stereocenters. The van der Waals surface area contributed by atoms with Crippen molar-refractivity contribution in [2.24, 2.45) is 0 Å². The van der Waals surface area contributed by atoms with Crippen molar-refractivity contribution in [2.75, 3.05) is 38.2 Å². The van der Waals surface area contributed by atoms with Gasteiger partial charge >= 0.3 is 0 Å². The third-order valence-electron chi connectivity index (χ3n) is 5.90. The molecule has 33 heavy (non-hydrogen) atoms. The Labute approximate surface area is 199 Å². The highest BCUT2D eigenvalue weighted by Gasteiger charge is 2.26. The third-order valence-corrected chi connectivity index (χ3v) is 7.32. The zero-order chi connectivity index (χ0) is 23.1. The van der Waals surface area contributed by atoms with Crippen LogP contribution in [0.4, 0.5) is 10.1 Å². The smallest absolute Gasteiger partial charge is 0.264 e. The number of carbonyl (C=O) groups excluding carboxylic acids is 1. The van der Waals surface area contributed by atoms with Crippen molar-refractivity contribution in [1.29, 1.82) is 0 Å². The number of nitrogens with zero attached hydrogens (tertiary/aromatic N) is 4. The van der Waals surface area contributed by atoms with E-state index < -0.39 is 0 Å².